The van der Waals surface area contributed by atoms with Crippen LogP contribution in [-0.2, 0) is 14.3 Å². The minimum Gasteiger partial charge on any atom is -0.473 e. The van der Waals surface area contributed by atoms with Crippen molar-refractivity contribution in [3.63, 3.8) is 0 Å². The third-order valence-corrected chi connectivity index (χ3v) is 9.56. The molecule has 0 bridgehead atoms. The largest absolute Gasteiger partial charge is 0.473 e. The number of nitrogens with two attached hydrogens (primary N) is 1. The van der Waals surface area contributed by atoms with E-state index in [2.05, 4.69) is 44.4 Å². The number of thiazole rings is 1. The second-order valence-corrected chi connectivity index (χ2v) is 14.0. The molecule has 1 aliphatic carbocycles. The van der Waals surface area contributed by atoms with E-state index in [1.54, 1.807) is 11.6 Å². The summed E-state index contributed by atoms with van der Waals surface area (Å²) >= 11 is 1.36. The Balaban J connectivity index is 1.11. The predicted octanol–water partition coefficient (Wildman–Crippen LogP) is 3.12. The normalized spacial score (nSPS) is 22.4. The molecule has 5 heterocycles. The monoisotopic (exact) mass is 638 g/mol. The lowest BCUT2D eigenvalue weighted by molar-refractivity contribution is -0.134. The molecular formula is C31H42N8O5S. The number of ether oxygens (including phenoxy) is 3. The molecule has 4 N–H and O–H groups in total. The van der Waals surface area contributed by atoms with Gasteiger partial charge in [0.2, 0.25) is 5.88 Å². The van der Waals surface area contributed by atoms with E-state index in [9.17, 15) is 9.59 Å². The highest BCUT2D eigenvalue weighted by molar-refractivity contribution is 7.13. The van der Waals surface area contributed by atoms with Crippen LogP contribution in [0.15, 0.2) is 18.5 Å². The van der Waals surface area contributed by atoms with Crippen LogP contribution in [0.1, 0.15) is 72.7 Å². The Labute approximate surface area is 266 Å². The van der Waals surface area contributed by atoms with Crippen molar-refractivity contribution >= 4 is 45.8 Å². The summed E-state index contributed by atoms with van der Waals surface area (Å²) in [7, 11) is 1.73. The Morgan fingerprint density at radius 2 is 2.02 bits per heavy atom. The number of cyclic esters (lactones) is 1. The highest BCUT2D eigenvalue weighted by atomic mass is 32.1. The van der Waals surface area contributed by atoms with Crippen LogP contribution in [-0.4, -0.2) is 88.6 Å². The number of aromatic nitrogens is 4. The number of esters is 1. The summed E-state index contributed by atoms with van der Waals surface area (Å²) < 4.78 is 18.6. The van der Waals surface area contributed by atoms with E-state index in [0.717, 1.165) is 67.0 Å². The molecule has 1 saturated carbocycles. The average molecular weight is 639 g/mol. The first kappa shape index (κ1) is 31.2. The third kappa shape index (κ3) is 6.92. The van der Waals surface area contributed by atoms with E-state index in [1.165, 1.54) is 23.7 Å². The molecule has 45 heavy (non-hydrogen) atoms. The van der Waals surface area contributed by atoms with E-state index in [4.69, 9.17) is 19.9 Å². The van der Waals surface area contributed by atoms with Gasteiger partial charge in [0.05, 0.1) is 23.0 Å². The Bertz CT molecular complexity index is 1590. The minimum atomic E-state index is -0.377. The number of rotatable bonds is 10. The van der Waals surface area contributed by atoms with Crippen LogP contribution in [0.4, 0.5) is 11.5 Å². The van der Waals surface area contributed by atoms with Gasteiger partial charge in [0.25, 0.3) is 5.91 Å². The highest BCUT2D eigenvalue weighted by Gasteiger charge is 2.31. The zero-order chi connectivity index (χ0) is 31.7. The number of nitrogens with zero attached hydrogens (tertiary/aromatic N) is 5. The fourth-order valence-corrected chi connectivity index (χ4v) is 7.43. The summed E-state index contributed by atoms with van der Waals surface area (Å²) in [5.41, 5.74) is 9.23. The molecule has 1 amide bonds. The topological polar surface area (TPSA) is 158 Å². The van der Waals surface area contributed by atoms with Gasteiger partial charge < -0.3 is 35.5 Å². The van der Waals surface area contributed by atoms with Crippen molar-refractivity contribution in [2.75, 3.05) is 44.0 Å². The Hall–Kier alpha value is -3.75. The summed E-state index contributed by atoms with van der Waals surface area (Å²) in [5, 5.41) is 12.2. The van der Waals surface area contributed by atoms with Crippen LogP contribution in [0.5, 0.6) is 5.88 Å². The molecule has 0 unspecified atom stereocenters. The van der Waals surface area contributed by atoms with Gasteiger partial charge in [0.15, 0.2) is 10.7 Å². The molecule has 3 aliphatic rings. The number of methoxy groups -OCH3 is 1. The number of amides is 1. The quantitative estimate of drug-likeness (QED) is 0.280. The molecule has 0 radical (unpaired) electrons. The van der Waals surface area contributed by atoms with Crippen LogP contribution < -0.4 is 26.0 Å². The second-order valence-electron chi connectivity index (χ2n) is 12.8. The molecule has 13 nitrogen and oxygen atoms in total. The number of aryl methyl sites for hydroxylation is 1. The van der Waals surface area contributed by atoms with E-state index in [1.807, 2.05) is 13.0 Å². The molecule has 14 heteroatoms. The highest BCUT2D eigenvalue weighted by Crippen LogP contribution is 2.35. The van der Waals surface area contributed by atoms with Crippen molar-refractivity contribution in [3.05, 3.63) is 34.0 Å². The van der Waals surface area contributed by atoms with Gasteiger partial charge >= 0.3 is 5.97 Å². The number of piperidine rings is 1. The van der Waals surface area contributed by atoms with Crippen LogP contribution in [0.3, 0.4) is 0 Å². The lowest BCUT2D eigenvalue weighted by atomic mass is 9.91. The van der Waals surface area contributed by atoms with Crippen LogP contribution in [0, 0.1) is 6.92 Å². The molecule has 1 saturated heterocycles. The number of nitrogens with one attached hydrogen (secondary N) is 2. The van der Waals surface area contributed by atoms with E-state index in [0.29, 0.717) is 41.3 Å². The fourth-order valence-electron chi connectivity index (χ4n) is 6.67. The third-order valence-electron chi connectivity index (χ3n) is 8.61. The number of carbonyl (C=O) groups is 2. The van der Waals surface area contributed by atoms with E-state index >= 15 is 0 Å². The van der Waals surface area contributed by atoms with Gasteiger partial charge in [0, 0.05) is 49.5 Å². The van der Waals surface area contributed by atoms with Crippen molar-refractivity contribution in [1.82, 2.24) is 30.2 Å². The SMILES string of the molecule is COCC(C)(C)NC1CCC(Oc2nc(C)sc2C(=O)N[C@@H]2CCCN(c3cc(C4=CC(=O)OC4)n4ncnc(N)c34)C2)CC1. The maximum Gasteiger partial charge on any atom is 0.331 e. The van der Waals surface area contributed by atoms with Gasteiger partial charge in [-0.2, -0.15) is 5.10 Å². The maximum atomic E-state index is 13.6. The van der Waals surface area contributed by atoms with Gasteiger partial charge in [-0.05, 0) is 65.4 Å². The van der Waals surface area contributed by atoms with Crippen molar-refractivity contribution < 1.29 is 23.8 Å². The summed E-state index contributed by atoms with van der Waals surface area (Å²) in [6.45, 7) is 8.40. The first-order valence-electron chi connectivity index (χ1n) is 15.6. The minimum absolute atomic E-state index is 0.0208. The first-order chi connectivity index (χ1) is 21.6. The number of hydrogen-bond donors (Lipinski definition) is 3. The predicted molar refractivity (Wildman–Crippen MR) is 172 cm³/mol. The average Bonchev–Trinajstić information content (AvgIpc) is 3.71. The Morgan fingerprint density at radius 1 is 1.22 bits per heavy atom. The Morgan fingerprint density at radius 3 is 2.76 bits per heavy atom. The standard InChI is InChI=1S/C31H42N8O5S/c1-18-35-30(44-22-9-7-20(8-10-22)37-31(2,3)16-42-4)27(45-18)29(41)36-21-6-5-11-38(14-21)24-13-23(19-12-25(40)43-15-19)39-26(24)28(32)33-17-34-39/h12-13,17,20-22,37H,5-11,14-16H2,1-4H3,(H,36,41)(H2,32,33,34)/t20?,21-,22?/m1/s1. The molecule has 3 aromatic rings. The number of anilines is 2. The zero-order valence-electron chi connectivity index (χ0n) is 26.3. The van der Waals surface area contributed by atoms with Gasteiger partial charge in [-0.1, -0.05) is 0 Å². The van der Waals surface area contributed by atoms with Crippen LogP contribution >= 0.6 is 11.3 Å². The second kappa shape index (κ2) is 12.9. The Kier molecular flexibility index (Phi) is 8.98. The smallest absolute Gasteiger partial charge is 0.331 e. The molecule has 6 rings (SSSR count). The number of nitrogen functional groups attached to an aromatic ring is 1. The molecule has 2 aliphatic heterocycles. The lowest BCUT2D eigenvalue weighted by Gasteiger charge is -2.35. The van der Waals surface area contributed by atoms with Crippen molar-refractivity contribution in [2.45, 2.75) is 83.0 Å². The molecule has 242 valence electrons. The number of carbonyl (C=O) groups excluding carboxylic acids is 2. The summed E-state index contributed by atoms with van der Waals surface area (Å²) in [6.07, 6.45) is 8.39. The summed E-state index contributed by atoms with van der Waals surface area (Å²) in [4.78, 5) is 36.9. The van der Waals surface area contributed by atoms with E-state index in [-0.39, 0.29) is 36.2 Å². The van der Waals surface area contributed by atoms with Gasteiger partial charge in [-0.3, -0.25) is 4.79 Å². The first-order valence-corrected chi connectivity index (χ1v) is 16.4. The summed E-state index contributed by atoms with van der Waals surface area (Å²) in [6, 6.07) is 2.28. The summed E-state index contributed by atoms with van der Waals surface area (Å²) in [5.74, 6) is 0.218. The molecule has 2 fully saturated rings. The lowest BCUT2D eigenvalue weighted by Crippen LogP contribution is -2.50. The van der Waals surface area contributed by atoms with Crippen molar-refractivity contribution in [3.8, 4) is 5.88 Å². The van der Waals surface area contributed by atoms with Crippen LogP contribution in [0.2, 0.25) is 0 Å². The molecule has 0 spiro atoms. The molecule has 1 atom stereocenters. The fraction of sp³-hybridized carbons (Fsp3) is 0.581. The molecule has 3 aromatic heterocycles. The van der Waals surface area contributed by atoms with Gasteiger partial charge in [-0.25, -0.2) is 19.3 Å². The van der Waals surface area contributed by atoms with Crippen LogP contribution in [0.25, 0.3) is 11.1 Å². The molecule has 0 aromatic carbocycles. The zero-order valence-corrected chi connectivity index (χ0v) is 27.1. The number of hydrogen-bond acceptors (Lipinski definition) is 12. The van der Waals surface area contributed by atoms with Crippen molar-refractivity contribution in [2.24, 2.45) is 0 Å². The van der Waals surface area contributed by atoms with Crippen molar-refractivity contribution in [1.29, 1.82) is 0 Å². The maximum absolute atomic E-state index is 13.6. The van der Waals surface area contributed by atoms with Gasteiger partial charge in [-0.15, -0.1) is 11.3 Å². The molecular weight excluding hydrogens is 596 g/mol. The van der Waals surface area contributed by atoms with Gasteiger partial charge in [0.1, 0.15) is 24.6 Å². The number of fused-ring (bicyclic) bond motifs is 1. The van der Waals surface area contributed by atoms with E-state index < -0.39 is 0 Å².